The third-order valence-corrected chi connectivity index (χ3v) is 4.99. The van der Waals surface area contributed by atoms with Crippen molar-refractivity contribution in [2.24, 2.45) is 0 Å². The molecule has 0 spiro atoms. The summed E-state index contributed by atoms with van der Waals surface area (Å²) in [6.45, 7) is 1.61. The molecule has 4 rings (SSSR count). The van der Waals surface area contributed by atoms with Crippen LogP contribution in [0.5, 0.6) is 5.88 Å². The van der Waals surface area contributed by atoms with Crippen LogP contribution in [0.3, 0.4) is 0 Å². The first-order chi connectivity index (χ1) is 14.3. The van der Waals surface area contributed by atoms with Crippen LogP contribution in [0.4, 0.5) is 29.2 Å². The van der Waals surface area contributed by atoms with Crippen LogP contribution in [0, 0.1) is 30.2 Å². The SMILES string of the molecule is COc1nc(C)c(Nc2nc(=O)cc3n2C(c2cc(F)c(F)c(F)c2)CC3)cc1F. The van der Waals surface area contributed by atoms with Crippen molar-refractivity contribution in [1.82, 2.24) is 14.5 Å². The van der Waals surface area contributed by atoms with E-state index in [1.807, 2.05) is 0 Å². The lowest BCUT2D eigenvalue weighted by Crippen LogP contribution is -2.20. The van der Waals surface area contributed by atoms with Crippen molar-refractivity contribution in [3.05, 3.63) is 74.8 Å². The molecule has 6 nitrogen and oxygen atoms in total. The number of hydrogen-bond acceptors (Lipinski definition) is 5. The van der Waals surface area contributed by atoms with Gasteiger partial charge >= 0.3 is 0 Å². The summed E-state index contributed by atoms with van der Waals surface area (Å²) in [6, 6.07) is 3.70. The molecular weight excluding hydrogens is 404 g/mol. The summed E-state index contributed by atoms with van der Waals surface area (Å²) in [5.74, 6) is -5.01. The largest absolute Gasteiger partial charge is 0.479 e. The summed E-state index contributed by atoms with van der Waals surface area (Å²) < 4.78 is 61.5. The van der Waals surface area contributed by atoms with Crippen LogP contribution in [0.25, 0.3) is 0 Å². The molecule has 1 aliphatic heterocycles. The lowest BCUT2D eigenvalue weighted by molar-refractivity contribution is 0.368. The Morgan fingerprint density at radius 2 is 1.77 bits per heavy atom. The molecule has 1 aromatic carbocycles. The molecule has 3 aromatic rings. The molecule has 0 fully saturated rings. The van der Waals surface area contributed by atoms with Crippen molar-refractivity contribution in [1.29, 1.82) is 0 Å². The number of methoxy groups -OCH3 is 1. The highest BCUT2D eigenvalue weighted by molar-refractivity contribution is 5.58. The molecule has 10 heteroatoms. The average molecular weight is 420 g/mol. The van der Waals surface area contributed by atoms with Gasteiger partial charge in [-0.05, 0) is 37.5 Å². The van der Waals surface area contributed by atoms with Gasteiger partial charge in [-0.25, -0.2) is 22.5 Å². The van der Waals surface area contributed by atoms with E-state index in [4.69, 9.17) is 4.74 Å². The molecule has 2 aromatic heterocycles. The third kappa shape index (κ3) is 3.38. The molecule has 1 atom stereocenters. The van der Waals surface area contributed by atoms with Gasteiger partial charge in [0.2, 0.25) is 11.8 Å². The maximum Gasteiger partial charge on any atom is 0.274 e. The zero-order valence-electron chi connectivity index (χ0n) is 16.0. The van der Waals surface area contributed by atoms with Crippen LogP contribution >= 0.6 is 0 Å². The van der Waals surface area contributed by atoms with Gasteiger partial charge in [-0.1, -0.05) is 0 Å². The second kappa shape index (κ2) is 7.43. The molecular formula is C20H16F4N4O2. The Labute approximate surface area is 168 Å². The fourth-order valence-electron chi connectivity index (χ4n) is 3.61. The number of anilines is 2. The van der Waals surface area contributed by atoms with Crippen molar-refractivity contribution in [2.75, 3.05) is 12.4 Å². The summed E-state index contributed by atoms with van der Waals surface area (Å²) >= 11 is 0. The van der Waals surface area contributed by atoms with Gasteiger partial charge in [0.25, 0.3) is 5.56 Å². The Hall–Kier alpha value is -3.43. The average Bonchev–Trinajstić information content (AvgIpc) is 3.12. The van der Waals surface area contributed by atoms with Gasteiger partial charge in [0.05, 0.1) is 24.5 Å². The maximum atomic E-state index is 14.1. The van der Waals surface area contributed by atoms with Crippen LogP contribution in [-0.4, -0.2) is 21.6 Å². The van der Waals surface area contributed by atoms with E-state index in [0.717, 1.165) is 18.2 Å². The molecule has 156 valence electrons. The number of fused-ring (bicyclic) bond motifs is 1. The summed E-state index contributed by atoms with van der Waals surface area (Å²) in [4.78, 5) is 20.0. The molecule has 1 unspecified atom stereocenters. The number of rotatable bonds is 4. The van der Waals surface area contributed by atoms with Gasteiger partial charge in [0, 0.05) is 17.8 Å². The van der Waals surface area contributed by atoms with Crippen molar-refractivity contribution < 1.29 is 22.3 Å². The first kappa shape index (κ1) is 19.9. The first-order valence-corrected chi connectivity index (χ1v) is 9.03. The van der Waals surface area contributed by atoms with E-state index in [1.165, 1.54) is 13.2 Å². The number of hydrogen-bond donors (Lipinski definition) is 1. The molecule has 0 aliphatic carbocycles. The Bertz CT molecular complexity index is 1190. The highest BCUT2D eigenvalue weighted by Crippen LogP contribution is 2.36. The molecule has 30 heavy (non-hydrogen) atoms. The quantitative estimate of drug-likeness (QED) is 0.514. The zero-order valence-corrected chi connectivity index (χ0v) is 16.0. The molecule has 0 saturated carbocycles. The Balaban J connectivity index is 1.81. The normalized spacial score (nSPS) is 15.2. The van der Waals surface area contributed by atoms with E-state index in [9.17, 15) is 22.4 Å². The third-order valence-electron chi connectivity index (χ3n) is 4.99. The van der Waals surface area contributed by atoms with E-state index in [-0.39, 0.29) is 23.1 Å². The lowest BCUT2D eigenvalue weighted by Gasteiger charge is -2.21. The Morgan fingerprint density at radius 1 is 1.07 bits per heavy atom. The molecule has 3 heterocycles. The summed E-state index contributed by atoms with van der Waals surface area (Å²) in [5, 5.41) is 2.88. The summed E-state index contributed by atoms with van der Waals surface area (Å²) in [7, 11) is 1.29. The zero-order chi connectivity index (χ0) is 21.6. The minimum absolute atomic E-state index is 0.0552. The number of halogens is 4. The predicted octanol–water partition coefficient (Wildman–Crippen LogP) is 3.79. The standard InChI is InChI=1S/C20H16F4N4O2/c1-9-15(8-14(23)19(25-9)30-2)26-20-27-17(29)7-11-3-4-16(28(11)20)10-5-12(21)18(24)13(22)6-10/h5-8,16H,3-4H2,1-2H3,(H,26,27,29). The highest BCUT2D eigenvalue weighted by Gasteiger charge is 2.28. The number of ether oxygens (including phenoxy) is 1. The van der Waals surface area contributed by atoms with E-state index in [2.05, 4.69) is 15.3 Å². The fourth-order valence-corrected chi connectivity index (χ4v) is 3.61. The second-order valence-electron chi connectivity index (χ2n) is 6.87. The Morgan fingerprint density at radius 3 is 2.43 bits per heavy atom. The number of pyridine rings is 1. The predicted molar refractivity (Wildman–Crippen MR) is 100 cm³/mol. The molecule has 0 radical (unpaired) electrons. The van der Waals surface area contributed by atoms with E-state index >= 15 is 0 Å². The van der Waals surface area contributed by atoms with Crippen molar-refractivity contribution in [3.63, 3.8) is 0 Å². The number of aromatic nitrogens is 3. The Kier molecular flexibility index (Phi) is 4.92. The molecule has 1 aliphatic rings. The van der Waals surface area contributed by atoms with Gasteiger partial charge in [-0.2, -0.15) is 4.98 Å². The van der Waals surface area contributed by atoms with Crippen molar-refractivity contribution in [2.45, 2.75) is 25.8 Å². The lowest BCUT2D eigenvalue weighted by atomic mass is 10.0. The monoisotopic (exact) mass is 420 g/mol. The van der Waals surface area contributed by atoms with Crippen LogP contribution in [0.15, 0.2) is 29.1 Å². The van der Waals surface area contributed by atoms with Gasteiger partial charge in [-0.3, -0.25) is 4.79 Å². The number of nitrogens with one attached hydrogen (secondary N) is 1. The minimum atomic E-state index is -1.55. The van der Waals surface area contributed by atoms with Crippen molar-refractivity contribution >= 4 is 11.6 Å². The molecule has 0 amide bonds. The van der Waals surface area contributed by atoms with Gasteiger partial charge in [0.15, 0.2) is 23.3 Å². The summed E-state index contributed by atoms with van der Waals surface area (Å²) in [6.07, 6.45) is 0.852. The van der Waals surface area contributed by atoms with Gasteiger partial charge in [0.1, 0.15) is 0 Å². The van der Waals surface area contributed by atoms with E-state index < -0.39 is 34.9 Å². The molecule has 0 saturated heterocycles. The van der Waals surface area contributed by atoms with Crippen LogP contribution in [0.2, 0.25) is 0 Å². The second-order valence-corrected chi connectivity index (χ2v) is 6.87. The van der Waals surface area contributed by atoms with Crippen LogP contribution in [-0.2, 0) is 6.42 Å². The molecule has 1 N–H and O–H groups in total. The van der Waals surface area contributed by atoms with E-state index in [0.29, 0.717) is 24.2 Å². The van der Waals surface area contributed by atoms with E-state index in [1.54, 1.807) is 11.5 Å². The minimum Gasteiger partial charge on any atom is -0.479 e. The van der Waals surface area contributed by atoms with Crippen molar-refractivity contribution in [3.8, 4) is 5.88 Å². The van der Waals surface area contributed by atoms with Gasteiger partial charge in [-0.15, -0.1) is 0 Å². The highest BCUT2D eigenvalue weighted by atomic mass is 19.2. The first-order valence-electron chi connectivity index (χ1n) is 9.03. The fraction of sp³-hybridized carbons (Fsp3) is 0.250. The van der Waals surface area contributed by atoms with Gasteiger partial charge < -0.3 is 14.6 Å². The number of nitrogens with zero attached hydrogens (tertiary/aromatic N) is 3. The smallest absolute Gasteiger partial charge is 0.274 e. The summed E-state index contributed by atoms with van der Waals surface area (Å²) in [5.41, 5.74) is 0.861. The number of aryl methyl sites for hydroxylation is 2. The van der Waals surface area contributed by atoms with Crippen LogP contribution in [0.1, 0.15) is 29.4 Å². The van der Waals surface area contributed by atoms with Crippen LogP contribution < -0.4 is 15.6 Å². The molecule has 0 bridgehead atoms. The topological polar surface area (TPSA) is 69.0 Å². The number of benzene rings is 1. The maximum absolute atomic E-state index is 14.1.